The van der Waals surface area contributed by atoms with Gasteiger partial charge in [-0.1, -0.05) is 12.1 Å². The molecule has 12 heteroatoms. The molecule has 180 valence electrons. The molecule has 4 rings (SSSR count). The van der Waals surface area contributed by atoms with Crippen LogP contribution in [-0.4, -0.2) is 35.7 Å². The van der Waals surface area contributed by atoms with E-state index in [1.807, 2.05) is 0 Å². The lowest BCUT2D eigenvalue weighted by molar-refractivity contribution is -0.136. The van der Waals surface area contributed by atoms with E-state index in [1.165, 1.54) is 24.3 Å². The van der Waals surface area contributed by atoms with E-state index in [0.717, 1.165) is 42.9 Å². The van der Waals surface area contributed by atoms with Crippen LogP contribution in [0.4, 0.5) is 17.6 Å². The van der Waals surface area contributed by atoms with Crippen molar-refractivity contribution in [3.05, 3.63) is 77.9 Å². The first kappa shape index (κ1) is 24.1. The number of rotatable bonds is 5. The monoisotopic (exact) mass is 506 g/mol. The van der Waals surface area contributed by atoms with Crippen molar-refractivity contribution in [3.63, 3.8) is 0 Å². The normalized spacial score (nSPS) is 12.0. The molecule has 0 amide bonds. The van der Waals surface area contributed by atoms with Gasteiger partial charge < -0.3 is 9.84 Å². The van der Waals surface area contributed by atoms with Crippen molar-refractivity contribution >= 4 is 26.7 Å². The molecule has 0 saturated carbocycles. The van der Waals surface area contributed by atoms with Crippen LogP contribution < -0.4 is 4.74 Å². The Kier molecular flexibility index (Phi) is 5.93. The molecule has 35 heavy (non-hydrogen) atoms. The van der Waals surface area contributed by atoms with E-state index >= 15 is 0 Å². The third kappa shape index (κ3) is 4.78. The van der Waals surface area contributed by atoms with E-state index in [2.05, 4.69) is 9.97 Å². The first-order valence-electron chi connectivity index (χ1n) is 9.72. The van der Waals surface area contributed by atoms with Gasteiger partial charge in [-0.15, -0.1) is 0 Å². The summed E-state index contributed by atoms with van der Waals surface area (Å²) < 4.78 is 84.6. The molecule has 1 aromatic heterocycles. The summed E-state index contributed by atoms with van der Waals surface area (Å²) in [7, 11) is -3.92. The third-order valence-electron chi connectivity index (χ3n) is 4.98. The lowest BCUT2D eigenvalue weighted by Crippen LogP contribution is -2.07. The van der Waals surface area contributed by atoms with Crippen molar-refractivity contribution in [1.82, 2.24) is 9.97 Å². The zero-order chi connectivity index (χ0) is 25.5. The van der Waals surface area contributed by atoms with Crippen LogP contribution in [0.15, 0.2) is 65.8 Å². The number of ether oxygens (including phenoxy) is 1. The topological polar surface area (TPSA) is 106 Å². The van der Waals surface area contributed by atoms with Crippen LogP contribution in [-0.2, 0) is 16.0 Å². The number of alkyl halides is 3. The average Bonchev–Trinajstić information content (AvgIpc) is 2.78. The van der Waals surface area contributed by atoms with Crippen molar-refractivity contribution in [2.45, 2.75) is 11.1 Å². The molecular formula is C23H14F4N2O5S. The second-order valence-electron chi connectivity index (χ2n) is 7.40. The van der Waals surface area contributed by atoms with Crippen molar-refractivity contribution in [2.75, 3.05) is 6.26 Å². The molecule has 0 aliphatic rings. The highest BCUT2D eigenvalue weighted by atomic mass is 32.2. The molecule has 1 heterocycles. The molecule has 0 spiro atoms. The number of carboxylic acids is 1. The lowest BCUT2D eigenvalue weighted by Gasteiger charge is -2.13. The number of aromatic carboxylic acids is 1. The maximum Gasteiger partial charge on any atom is 0.418 e. The first-order chi connectivity index (χ1) is 16.4. The SMILES string of the molecule is CS(=O)(=O)c1cc(Oc2ccc(F)c(-c3ncnc4c(C(F)(F)F)cccc34)c2)ccc1C(=O)O. The van der Waals surface area contributed by atoms with Crippen LogP contribution in [0.5, 0.6) is 11.5 Å². The highest BCUT2D eigenvalue weighted by Crippen LogP contribution is 2.38. The predicted octanol–water partition coefficient (Wildman–Crippen LogP) is 5.35. The van der Waals surface area contributed by atoms with Gasteiger partial charge in [-0.2, -0.15) is 13.2 Å². The maximum absolute atomic E-state index is 14.7. The molecule has 0 atom stereocenters. The molecule has 0 fully saturated rings. The number of aromatic nitrogens is 2. The number of para-hydroxylation sites is 1. The predicted molar refractivity (Wildman–Crippen MR) is 117 cm³/mol. The number of hydrogen-bond donors (Lipinski definition) is 1. The van der Waals surface area contributed by atoms with Crippen LogP contribution in [0.3, 0.4) is 0 Å². The van der Waals surface area contributed by atoms with Gasteiger partial charge in [-0.3, -0.25) is 0 Å². The molecule has 0 aliphatic heterocycles. The van der Waals surface area contributed by atoms with Crippen LogP contribution in [0.1, 0.15) is 15.9 Å². The van der Waals surface area contributed by atoms with Gasteiger partial charge in [-0.25, -0.2) is 27.6 Å². The van der Waals surface area contributed by atoms with Crippen molar-refractivity contribution in [3.8, 4) is 22.8 Å². The number of fused-ring (bicyclic) bond motifs is 1. The summed E-state index contributed by atoms with van der Waals surface area (Å²) >= 11 is 0. The summed E-state index contributed by atoms with van der Waals surface area (Å²) in [5, 5.41) is 9.19. The van der Waals surface area contributed by atoms with Gasteiger partial charge >= 0.3 is 12.1 Å². The van der Waals surface area contributed by atoms with E-state index in [4.69, 9.17) is 4.74 Å². The smallest absolute Gasteiger partial charge is 0.418 e. The van der Waals surface area contributed by atoms with Gasteiger partial charge in [0.15, 0.2) is 9.84 Å². The molecule has 7 nitrogen and oxygen atoms in total. The molecule has 3 aromatic carbocycles. The van der Waals surface area contributed by atoms with Crippen LogP contribution in [0, 0.1) is 5.82 Å². The van der Waals surface area contributed by atoms with E-state index in [0.29, 0.717) is 0 Å². The van der Waals surface area contributed by atoms with Gasteiger partial charge in [0, 0.05) is 23.3 Å². The Labute approximate surface area is 195 Å². The number of halogens is 4. The second-order valence-corrected chi connectivity index (χ2v) is 9.38. The fraction of sp³-hybridized carbons (Fsp3) is 0.0870. The standard InChI is InChI=1S/C23H14F4N2O5S/c1-35(32,33)19-10-13(5-7-14(19)22(30)31)34-12-6-8-18(24)16(9-12)20-15-3-2-4-17(23(25,26)27)21(15)29-11-28-20/h2-11H,1H3,(H,30,31). The van der Waals surface area contributed by atoms with E-state index < -0.39 is 49.3 Å². The van der Waals surface area contributed by atoms with Crippen molar-refractivity contribution in [2.24, 2.45) is 0 Å². The molecule has 0 unspecified atom stereocenters. The number of carbonyl (C=O) groups is 1. The van der Waals surface area contributed by atoms with E-state index in [9.17, 15) is 35.9 Å². The second kappa shape index (κ2) is 8.62. The minimum atomic E-state index is -4.69. The molecule has 0 aliphatic carbocycles. The van der Waals surface area contributed by atoms with Crippen molar-refractivity contribution < 1.29 is 40.6 Å². The van der Waals surface area contributed by atoms with Gasteiger partial charge in [-0.05, 0) is 36.4 Å². The van der Waals surface area contributed by atoms with E-state index in [-0.39, 0.29) is 28.1 Å². The molecule has 0 radical (unpaired) electrons. The summed E-state index contributed by atoms with van der Waals surface area (Å²) in [5.41, 5.74) is -2.15. The lowest BCUT2D eigenvalue weighted by atomic mass is 10.0. The highest BCUT2D eigenvalue weighted by Gasteiger charge is 2.33. The summed E-state index contributed by atoms with van der Waals surface area (Å²) in [6.07, 6.45) is -2.96. The van der Waals surface area contributed by atoms with Crippen LogP contribution >= 0.6 is 0 Å². The quantitative estimate of drug-likeness (QED) is 0.364. The van der Waals surface area contributed by atoms with Crippen molar-refractivity contribution in [1.29, 1.82) is 0 Å². The number of nitrogens with zero attached hydrogens (tertiary/aromatic N) is 2. The highest BCUT2D eigenvalue weighted by molar-refractivity contribution is 7.90. The Morgan fingerprint density at radius 1 is 1.00 bits per heavy atom. The Balaban J connectivity index is 1.81. The number of benzene rings is 3. The fourth-order valence-electron chi connectivity index (χ4n) is 3.47. The van der Waals surface area contributed by atoms with Gasteiger partial charge in [0.1, 0.15) is 23.6 Å². The summed E-state index contributed by atoms with van der Waals surface area (Å²) in [5.74, 6) is -2.30. The molecule has 0 saturated heterocycles. The van der Waals surface area contributed by atoms with Crippen LogP contribution in [0.25, 0.3) is 22.2 Å². The Morgan fingerprint density at radius 2 is 1.69 bits per heavy atom. The van der Waals surface area contributed by atoms with Crippen LogP contribution in [0.2, 0.25) is 0 Å². The minimum absolute atomic E-state index is 0.00247. The van der Waals surface area contributed by atoms with Gasteiger partial charge in [0.2, 0.25) is 0 Å². The number of sulfone groups is 1. The Bertz CT molecular complexity index is 1590. The third-order valence-corrected chi connectivity index (χ3v) is 6.12. The molecule has 1 N–H and O–H groups in total. The summed E-state index contributed by atoms with van der Waals surface area (Å²) in [4.78, 5) is 18.5. The largest absolute Gasteiger partial charge is 0.478 e. The molecular weight excluding hydrogens is 492 g/mol. The van der Waals surface area contributed by atoms with Gasteiger partial charge in [0.25, 0.3) is 0 Å². The van der Waals surface area contributed by atoms with E-state index in [1.54, 1.807) is 0 Å². The zero-order valence-electron chi connectivity index (χ0n) is 17.7. The van der Waals surface area contributed by atoms with Gasteiger partial charge in [0.05, 0.1) is 27.2 Å². The average molecular weight is 506 g/mol. The fourth-order valence-corrected chi connectivity index (χ4v) is 4.35. The summed E-state index contributed by atoms with van der Waals surface area (Å²) in [6, 6.07) is 10.0. The minimum Gasteiger partial charge on any atom is -0.478 e. The maximum atomic E-state index is 14.7. The zero-order valence-corrected chi connectivity index (χ0v) is 18.5. The Hall–Kier alpha value is -4.06. The number of hydrogen-bond acceptors (Lipinski definition) is 6. The molecule has 4 aromatic rings. The number of carboxylic acid groups (broad SMARTS) is 1. The molecule has 0 bridgehead atoms. The first-order valence-corrected chi connectivity index (χ1v) is 11.6. The Morgan fingerprint density at radius 3 is 2.34 bits per heavy atom. The summed E-state index contributed by atoms with van der Waals surface area (Å²) in [6.45, 7) is 0.